The first kappa shape index (κ1) is 17.9. The zero-order valence-corrected chi connectivity index (χ0v) is 15.1. The zero-order chi connectivity index (χ0) is 16.0. The Bertz CT molecular complexity index is 335. The molecule has 3 nitrogen and oxygen atoms in total. The monoisotopic (exact) mass is 308 g/mol. The van der Waals surface area contributed by atoms with Gasteiger partial charge in [-0.3, -0.25) is 4.79 Å². The fourth-order valence-electron chi connectivity index (χ4n) is 4.15. The minimum absolute atomic E-state index is 0.422. The van der Waals surface area contributed by atoms with Crippen LogP contribution >= 0.6 is 0 Å². The van der Waals surface area contributed by atoms with Gasteiger partial charge in [-0.2, -0.15) is 0 Å². The fourth-order valence-corrected chi connectivity index (χ4v) is 4.15. The van der Waals surface area contributed by atoms with E-state index in [2.05, 4.69) is 23.6 Å². The SMILES string of the molecule is CCC(=O)CCCN1CCC2(CC1)CCN(CC(C)C)CC2. The maximum atomic E-state index is 11.4. The van der Waals surface area contributed by atoms with Gasteiger partial charge in [0.05, 0.1) is 0 Å². The summed E-state index contributed by atoms with van der Waals surface area (Å²) >= 11 is 0. The number of likely N-dealkylation sites (tertiary alicyclic amines) is 2. The number of ketones is 1. The standard InChI is InChI=1S/C19H36N2O/c1-4-18(22)6-5-11-20-12-7-19(8-13-20)9-14-21(15-10-19)16-17(2)3/h17H,4-16H2,1-3H3. The van der Waals surface area contributed by atoms with Crippen LogP contribution in [0.3, 0.4) is 0 Å². The van der Waals surface area contributed by atoms with Crippen LogP contribution in [0.15, 0.2) is 0 Å². The molecule has 0 N–H and O–H groups in total. The largest absolute Gasteiger partial charge is 0.303 e. The van der Waals surface area contributed by atoms with Crippen LogP contribution in [0.1, 0.15) is 65.7 Å². The lowest BCUT2D eigenvalue weighted by Gasteiger charge is -2.47. The van der Waals surface area contributed by atoms with Gasteiger partial charge in [0.2, 0.25) is 0 Å². The second-order valence-electron chi connectivity index (χ2n) is 8.03. The first-order valence-corrected chi connectivity index (χ1v) is 9.49. The highest BCUT2D eigenvalue weighted by atomic mass is 16.1. The predicted molar refractivity (Wildman–Crippen MR) is 93.2 cm³/mol. The molecular weight excluding hydrogens is 272 g/mol. The summed E-state index contributed by atoms with van der Waals surface area (Å²) in [7, 11) is 0. The molecule has 2 aliphatic rings. The minimum atomic E-state index is 0.422. The highest BCUT2D eigenvalue weighted by molar-refractivity contribution is 5.77. The Morgan fingerprint density at radius 1 is 1.00 bits per heavy atom. The number of hydrogen-bond donors (Lipinski definition) is 0. The molecule has 2 fully saturated rings. The quantitative estimate of drug-likeness (QED) is 0.718. The molecule has 0 bridgehead atoms. The molecule has 22 heavy (non-hydrogen) atoms. The van der Waals surface area contributed by atoms with Gasteiger partial charge in [0.1, 0.15) is 5.78 Å². The minimum Gasteiger partial charge on any atom is -0.303 e. The Hall–Kier alpha value is -0.410. The molecule has 2 rings (SSSR count). The van der Waals surface area contributed by atoms with Gasteiger partial charge in [-0.1, -0.05) is 20.8 Å². The van der Waals surface area contributed by atoms with Crippen molar-refractivity contribution >= 4 is 5.78 Å². The van der Waals surface area contributed by atoms with Crippen molar-refractivity contribution < 1.29 is 4.79 Å². The van der Waals surface area contributed by atoms with Crippen LogP contribution in [0.25, 0.3) is 0 Å². The molecule has 2 saturated heterocycles. The Morgan fingerprint density at radius 3 is 2.05 bits per heavy atom. The number of carbonyl (C=O) groups excluding carboxylic acids is 1. The van der Waals surface area contributed by atoms with Gasteiger partial charge in [0, 0.05) is 19.4 Å². The van der Waals surface area contributed by atoms with Crippen molar-refractivity contribution in [1.82, 2.24) is 9.80 Å². The van der Waals surface area contributed by atoms with Crippen LogP contribution in [0.2, 0.25) is 0 Å². The van der Waals surface area contributed by atoms with E-state index in [1.165, 1.54) is 58.4 Å². The number of piperidine rings is 2. The Kier molecular flexibility index (Phi) is 6.88. The molecular formula is C19H36N2O. The lowest BCUT2D eigenvalue weighted by Crippen LogP contribution is -2.47. The number of rotatable bonds is 7. The molecule has 1 spiro atoms. The number of carbonyl (C=O) groups is 1. The summed E-state index contributed by atoms with van der Waals surface area (Å²) in [6, 6.07) is 0. The smallest absolute Gasteiger partial charge is 0.132 e. The second kappa shape index (κ2) is 8.44. The molecule has 2 aliphatic heterocycles. The van der Waals surface area contributed by atoms with Crippen molar-refractivity contribution in [3.63, 3.8) is 0 Å². The van der Waals surface area contributed by atoms with Gasteiger partial charge in [-0.05, 0) is 76.2 Å². The highest BCUT2D eigenvalue weighted by Gasteiger charge is 2.37. The molecule has 0 aromatic rings. The van der Waals surface area contributed by atoms with Crippen molar-refractivity contribution in [3.05, 3.63) is 0 Å². The summed E-state index contributed by atoms with van der Waals surface area (Å²) in [5.74, 6) is 1.22. The molecule has 0 aromatic heterocycles. The summed E-state index contributed by atoms with van der Waals surface area (Å²) in [6.07, 6.45) is 8.11. The van der Waals surface area contributed by atoms with Gasteiger partial charge in [0.25, 0.3) is 0 Å². The van der Waals surface area contributed by atoms with E-state index in [4.69, 9.17) is 0 Å². The fraction of sp³-hybridized carbons (Fsp3) is 0.947. The molecule has 0 saturated carbocycles. The summed E-state index contributed by atoms with van der Waals surface area (Å²) in [6.45, 7) is 14.1. The number of hydrogen-bond acceptors (Lipinski definition) is 3. The molecule has 0 aliphatic carbocycles. The van der Waals surface area contributed by atoms with Gasteiger partial charge in [0.15, 0.2) is 0 Å². The molecule has 0 unspecified atom stereocenters. The van der Waals surface area contributed by atoms with Gasteiger partial charge in [-0.25, -0.2) is 0 Å². The van der Waals surface area contributed by atoms with Crippen molar-refractivity contribution in [2.45, 2.75) is 65.7 Å². The zero-order valence-electron chi connectivity index (χ0n) is 15.1. The van der Waals surface area contributed by atoms with Crippen LogP contribution in [0.4, 0.5) is 0 Å². The molecule has 0 radical (unpaired) electrons. The Balaban J connectivity index is 1.66. The van der Waals surface area contributed by atoms with E-state index in [9.17, 15) is 4.79 Å². The molecule has 0 atom stereocenters. The van der Waals surface area contributed by atoms with Gasteiger partial charge >= 0.3 is 0 Å². The van der Waals surface area contributed by atoms with E-state index < -0.39 is 0 Å². The van der Waals surface area contributed by atoms with E-state index in [0.717, 1.165) is 25.3 Å². The molecule has 0 aromatic carbocycles. The van der Waals surface area contributed by atoms with E-state index in [1.54, 1.807) is 0 Å². The van der Waals surface area contributed by atoms with Crippen LogP contribution in [0.5, 0.6) is 0 Å². The van der Waals surface area contributed by atoms with Gasteiger partial charge < -0.3 is 9.80 Å². The van der Waals surface area contributed by atoms with E-state index in [0.29, 0.717) is 17.6 Å². The predicted octanol–water partition coefficient (Wildman–Crippen LogP) is 3.58. The normalized spacial score (nSPS) is 23.3. The van der Waals surface area contributed by atoms with Crippen molar-refractivity contribution in [1.29, 1.82) is 0 Å². The second-order valence-corrected chi connectivity index (χ2v) is 8.03. The third-order valence-corrected chi connectivity index (χ3v) is 5.78. The van der Waals surface area contributed by atoms with Crippen LogP contribution < -0.4 is 0 Å². The van der Waals surface area contributed by atoms with Crippen LogP contribution in [0, 0.1) is 11.3 Å². The van der Waals surface area contributed by atoms with E-state index >= 15 is 0 Å². The first-order valence-electron chi connectivity index (χ1n) is 9.49. The topological polar surface area (TPSA) is 23.6 Å². The molecule has 0 amide bonds. The Morgan fingerprint density at radius 2 is 1.55 bits per heavy atom. The van der Waals surface area contributed by atoms with Crippen molar-refractivity contribution in [2.75, 3.05) is 39.3 Å². The summed E-state index contributed by atoms with van der Waals surface area (Å²) < 4.78 is 0. The lowest BCUT2D eigenvalue weighted by molar-refractivity contribution is -0.118. The average Bonchev–Trinajstić information content (AvgIpc) is 2.51. The lowest BCUT2D eigenvalue weighted by atomic mass is 9.71. The average molecular weight is 309 g/mol. The summed E-state index contributed by atoms with van der Waals surface area (Å²) in [5, 5.41) is 0. The van der Waals surface area contributed by atoms with Crippen molar-refractivity contribution in [3.8, 4) is 0 Å². The van der Waals surface area contributed by atoms with E-state index in [-0.39, 0.29) is 0 Å². The maximum absolute atomic E-state index is 11.4. The molecule has 128 valence electrons. The first-order chi connectivity index (χ1) is 10.5. The maximum Gasteiger partial charge on any atom is 0.132 e. The number of nitrogens with zero attached hydrogens (tertiary/aromatic N) is 2. The third kappa shape index (κ3) is 5.34. The van der Waals surface area contributed by atoms with Crippen LogP contribution in [-0.4, -0.2) is 54.9 Å². The van der Waals surface area contributed by atoms with Gasteiger partial charge in [-0.15, -0.1) is 0 Å². The summed E-state index contributed by atoms with van der Waals surface area (Å²) in [5.41, 5.74) is 0.642. The van der Waals surface area contributed by atoms with E-state index in [1.807, 2.05) is 6.92 Å². The van der Waals surface area contributed by atoms with Crippen LogP contribution in [-0.2, 0) is 4.79 Å². The van der Waals surface area contributed by atoms with Crippen molar-refractivity contribution in [2.24, 2.45) is 11.3 Å². The molecule has 3 heteroatoms. The Labute approximate surface area is 137 Å². The number of Topliss-reactive ketones (excluding diaryl/α,β-unsaturated/α-hetero) is 1. The summed E-state index contributed by atoms with van der Waals surface area (Å²) in [4.78, 5) is 16.6. The highest BCUT2D eigenvalue weighted by Crippen LogP contribution is 2.41. The molecule has 2 heterocycles. The third-order valence-electron chi connectivity index (χ3n) is 5.78.